The normalized spacial score (nSPS) is 29.9. The van der Waals surface area contributed by atoms with E-state index in [1.165, 1.54) is 4.90 Å². The minimum absolute atomic E-state index is 0.0379. The second kappa shape index (κ2) is 5.40. The maximum absolute atomic E-state index is 12.5. The van der Waals surface area contributed by atoms with Crippen molar-refractivity contribution in [2.45, 2.75) is 45.3 Å². The van der Waals surface area contributed by atoms with Crippen LogP contribution in [0.15, 0.2) is 28.8 Å². The van der Waals surface area contributed by atoms with E-state index >= 15 is 0 Å². The maximum Gasteiger partial charge on any atom is 0.257 e. The second-order valence-corrected chi connectivity index (χ2v) is 6.17. The molecule has 0 aromatic rings. The highest BCUT2D eigenvalue weighted by atomic mass is 16.3. The summed E-state index contributed by atoms with van der Waals surface area (Å²) >= 11 is 0. The fourth-order valence-corrected chi connectivity index (χ4v) is 2.79. The molecule has 0 fully saturated rings. The van der Waals surface area contributed by atoms with Crippen molar-refractivity contribution in [1.29, 1.82) is 0 Å². The van der Waals surface area contributed by atoms with Gasteiger partial charge in [-0.25, -0.2) is 4.99 Å². The number of aliphatic hydroxyl groups is 1. The number of aliphatic hydroxyl groups excluding tert-OH is 1. The number of amides is 1. The van der Waals surface area contributed by atoms with E-state index in [2.05, 4.69) is 18.8 Å². The Morgan fingerprint density at radius 2 is 2.30 bits per heavy atom. The van der Waals surface area contributed by atoms with Gasteiger partial charge in [0.15, 0.2) is 5.96 Å². The topological polar surface area (TPSA) is 78.9 Å². The zero-order valence-corrected chi connectivity index (χ0v) is 12.3. The van der Waals surface area contributed by atoms with Crippen LogP contribution in [0.4, 0.5) is 0 Å². The molecule has 0 bridgehead atoms. The molecule has 3 N–H and O–H groups in total. The predicted octanol–water partition coefficient (Wildman–Crippen LogP) is 1.20. The maximum atomic E-state index is 12.5. The highest BCUT2D eigenvalue weighted by Crippen LogP contribution is 2.29. The van der Waals surface area contributed by atoms with Crippen LogP contribution in [-0.4, -0.2) is 40.1 Å². The Labute approximate surface area is 119 Å². The van der Waals surface area contributed by atoms with Gasteiger partial charge in [0.05, 0.1) is 12.6 Å². The lowest BCUT2D eigenvalue weighted by atomic mass is 9.91. The lowest BCUT2D eigenvalue weighted by Gasteiger charge is -2.24. The van der Waals surface area contributed by atoms with E-state index in [0.717, 1.165) is 5.57 Å². The molecule has 5 nitrogen and oxygen atoms in total. The first-order valence-electron chi connectivity index (χ1n) is 7.04. The second-order valence-electron chi connectivity index (χ2n) is 6.17. The molecular weight excluding hydrogens is 254 g/mol. The first-order valence-corrected chi connectivity index (χ1v) is 7.04. The summed E-state index contributed by atoms with van der Waals surface area (Å²) in [7, 11) is 0. The Morgan fingerprint density at radius 1 is 1.60 bits per heavy atom. The molecule has 0 radical (unpaired) electrons. The van der Waals surface area contributed by atoms with Crippen molar-refractivity contribution in [2.24, 2.45) is 16.6 Å². The third-order valence-electron chi connectivity index (χ3n) is 3.64. The van der Waals surface area contributed by atoms with E-state index in [4.69, 9.17) is 5.73 Å². The van der Waals surface area contributed by atoms with E-state index in [1.54, 1.807) is 6.08 Å². The summed E-state index contributed by atoms with van der Waals surface area (Å²) in [5.74, 6) is 0.632. The van der Waals surface area contributed by atoms with Gasteiger partial charge < -0.3 is 10.8 Å². The van der Waals surface area contributed by atoms with Gasteiger partial charge in [-0.05, 0) is 31.3 Å². The Bertz CT molecular complexity index is 493. The minimum atomic E-state index is -0.739. The summed E-state index contributed by atoms with van der Waals surface area (Å²) in [6.45, 7) is 6.41. The van der Waals surface area contributed by atoms with Crippen molar-refractivity contribution in [3.8, 4) is 0 Å². The van der Waals surface area contributed by atoms with E-state index in [1.807, 2.05) is 19.1 Å². The standard InChI is InChI=1S/C15H23N3O2/c1-10(2)8-15(3)13(20)18(14(16)17-15)9-11-4-6-12(19)7-5-11/h4-6,10,12,19H,7-9H2,1-3H3,(H2,16,17). The molecule has 20 heavy (non-hydrogen) atoms. The van der Waals surface area contributed by atoms with Crippen LogP contribution in [0.3, 0.4) is 0 Å². The quantitative estimate of drug-likeness (QED) is 0.810. The molecule has 0 spiro atoms. The fourth-order valence-electron chi connectivity index (χ4n) is 2.79. The van der Waals surface area contributed by atoms with Crippen LogP contribution in [0.25, 0.3) is 0 Å². The summed E-state index contributed by atoms with van der Waals surface area (Å²) in [5, 5.41) is 9.41. The fraction of sp³-hybridized carbons (Fsp3) is 0.600. The van der Waals surface area contributed by atoms with Crippen LogP contribution in [0.5, 0.6) is 0 Å². The molecule has 2 aliphatic rings. The Morgan fingerprint density at radius 3 is 2.85 bits per heavy atom. The molecule has 1 heterocycles. The molecule has 110 valence electrons. The molecule has 5 heteroatoms. The summed E-state index contributed by atoms with van der Waals surface area (Å²) in [6, 6.07) is 0. The summed E-state index contributed by atoms with van der Waals surface area (Å²) < 4.78 is 0. The summed E-state index contributed by atoms with van der Waals surface area (Å²) in [6.07, 6.45) is 6.35. The molecule has 0 saturated heterocycles. The van der Waals surface area contributed by atoms with Crippen LogP contribution < -0.4 is 5.73 Å². The van der Waals surface area contributed by atoms with Gasteiger partial charge in [0.2, 0.25) is 0 Å². The predicted molar refractivity (Wildman–Crippen MR) is 79.0 cm³/mol. The van der Waals surface area contributed by atoms with E-state index in [-0.39, 0.29) is 5.91 Å². The van der Waals surface area contributed by atoms with Gasteiger partial charge >= 0.3 is 0 Å². The van der Waals surface area contributed by atoms with Gasteiger partial charge in [-0.2, -0.15) is 0 Å². The number of aliphatic imine (C=N–C) groups is 1. The number of hydrogen-bond donors (Lipinski definition) is 2. The molecule has 2 unspecified atom stereocenters. The van der Waals surface area contributed by atoms with Gasteiger partial charge in [0, 0.05) is 0 Å². The van der Waals surface area contributed by atoms with Gasteiger partial charge in [0.1, 0.15) is 5.54 Å². The van der Waals surface area contributed by atoms with Crippen LogP contribution in [0, 0.1) is 5.92 Å². The van der Waals surface area contributed by atoms with Crippen molar-refractivity contribution in [1.82, 2.24) is 4.90 Å². The van der Waals surface area contributed by atoms with Crippen molar-refractivity contribution in [3.05, 3.63) is 23.8 Å². The average molecular weight is 277 g/mol. The Balaban J connectivity index is 2.10. The van der Waals surface area contributed by atoms with Crippen LogP contribution in [0.1, 0.15) is 33.6 Å². The first-order chi connectivity index (χ1) is 9.32. The van der Waals surface area contributed by atoms with Crippen LogP contribution in [-0.2, 0) is 4.79 Å². The highest BCUT2D eigenvalue weighted by Gasteiger charge is 2.44. The third-order valence-corrected chi connectivity index (χ3v) is 3.64. The SMILES string of the molecule is CC(C)CC1(C)N=C(N)N(CC2=CCC(O)C=C2)C1=O. The van der Waals surface area contributed by atoms with Crippen molar-refractivity contribution in [3.63, 3.8) is 0 Å². The van der Waals surface area contributed by atoms with Gasteiger partial charge in [-0.1, -0.05) is 32.1 Å². The number of hydrogen-bond acceptors (Lipinski definition) is 4. The first kappa shape index (κ1) is 14.8. The summed E-state index contributed by atoms with van der Waals surface area (Å²) in [5.41, 5.74) is 6.16. The van der Waals surface area contributed by atoms with Crippen molar-refractivity contribution in [2.75, 3.05) is 6.54 Å². The molecule has 2 rings (SSSR count). The van der Waals surface area contributed by atoms with E-state index in [0.29, 0.717) is 31.3 Å². The van der Waals surface area contributed by atoms with Crippen molar-refractivity contribution >= 4 is 11.9 Å². The number of guanidine groups is 1. The molecule has 2 atom stereocenters. The number of rotatable bonds is 4. The van der Waals surface area contributed by atoms with E-state index in [9.17, 15) is 9.90 Å². The van der Waals surface area contributed by atoms with Crippen molar-refractivity contribution < 1.29 is 9.90 Å². The zero-order chi connectivity index (χ0) is 14.9. The summed E-state index contributed by atoms with van der Waals surface area (Å²) in [4.78, 5) is 18.5. The minimum Gasteiger partial charge on any atom is -0.389 e. The molecule has 1 aliphatic heterocycles. The molecule has 1 amide bonds. The van der Waals surface area contributed by atoms with Gasteiger partial charge in [-0.15, -0.1) is 0 Å². The third kappa shape index (κ3) is 2.93. The number of carbonyl (C=O) groups is 1. The Hall–Kier alpha value is -1.62. The number of carbonyl (C=O) groups excluding carboxylic acids is 1. The molecule has 0 saturated carbocycles. The molecule has 1 aliphatic carbocycles. The lowest BCUT2D eigenvalue weighted by molar-refractivity contribution is -0.130. The molecule has 0 aromatic heterocycles. The lowest BCUT2D eigenvalue weighted by Crippen LogP contribution is -2.44. The number of nitrogens with zero attached hydrogens (tertiary/aromatic N) is 2. The number of nitrogens with two attached hydrogens (primary N) is 1. The molecular formula is C15H23N3O2. The van der Waals surface area contributed by atoms with E-state index < -0.39 is 11.6 Å². The largest absolute Gasteiger partial charge is 0.389 e. The van der Waals surface area contributed by atoms with Gasteiger partial charge in [0.25, 0.3) is 5.91 Å². The monoisotopic (exact) mass is 277 g/mol. The van der Waals surface area contributed by atoms with Crippen LogP contribution in [0.2, 0.25) is 0 Å². The zero-order valence-electron chi connectivity index (χ0n) is 12.3. The van der Waals surface area contributed by atoms with Crippen LogP contribution >= 0.6 is 0 Å². The van der Waals surface area contributed by atoms with Gasteiger partial charge in [-0.3, -0.25) is 9.69 Å². The smallest absolute Gasteiger partial charge is 0.257 e. The highest BCUT2D eigenvalue weighted by molar-refractivity contribution is 6.06. The average Bonchev–Trinajstić information content (AvgIpc) is 2.54. The Kier molecular flexibility index (Phi) is 3.99. The molecule has 0 aromatic carbocycles.